The molecular formula is C29H28BrNO7. The van der Waals surface area contributed by atoms with Crippen molar-refractivity contribution >= 4 is 33.4 Å². The first-order chi connectivity index (χ1) is 18.4. The van der Waals surface area contributed by atoms with Crippen molar-refractivity contribution in [3.05, 3.63) is 87.1 Å². The number of carbonyl (C=O) groups excluding carboxylic acids is 2. The summed E-state index contributed by atoms with van der Waals surface area (Å²) in [7, 11) is 2.57. The molecule has 0 radical (unpaired) electrons. The highest BCUT2D eigenvalue weighted by Crippen LogP contribution is 2.42. The van der Waals surface area contributed by atoms with Crippen LogP contribution in [0.15, 0.2) is 70.4 Å². The van der Waals surface area contributed by atoms with Gasteiger partial charge in [-0.15, -0.1) is 0 Å². The number of aliphatic hydroxyl groups excluding tert-OH is 1. The minimum atomic E-state index is -0.645. The second-order valence-corrected chi connectivity index (χ2v) is 10.2. The largest absolute Gasteiger partial charge is 0.465 e. The lowest BCUT2D eigenvalue weighted by molar-refractivity contribution is -0.139. The molecule has 1 aliphatic carbocycles. The predicted molar refractivity (Wildman–Crippen MR) is 143 cm³/mol. The third-order valence-corrected chi connectivity index (χ3v) is 7.64. The van der Waals surface area contributed by atoms with Crippen LogP contribution in [0.5, 0.6) is 11.5 Å². The van der Waals surface area contributed by atoms with Crippen LogP contribution in [-0.2, 0) is 32.2 Å². The zero-order valence-corrected chi connectivity index (χ0v) is 22.7. The molecule has 8 nitrogen and oxygen atoms in total. The second-order valence-electron chi connectivity index (χ2n) is 9.36. The number of esters is 2. The molecule has 1 atom stereocenters. The van der Waals surface area contributed by atoms with Crippen molar-refractivity contribution in [3.63, 3.8) is 0 Å². The van der Waals surface area contributed by atoms with Gasteiger partial charge >= 0.3 is 11.9 Å². The van der Waals surface area contributed by atoms with E-state index in [1.807, 2.05) is 36.4 Å². The van der Waals surface area contributed by atoms with Crippen molar-refractivity contribution in [1.82, 2.24) is 4.90 Å². The summed E-state index contributed by atoms with van der Waals surface area (Å²) < 4.78 is 22.1. The molecule has 2 aromatic rings. The van der Waals surface area contributed by atoms with E-state index in [2.05, 4.69) is 26.9 Å². The van der Waals surface area contributed by atoms with Crippen molar-refractivity contribution in [2.24, 2.45) is 5.92 Å². The predicted octanol–water partition coefficient (Wildman–Crippen LogP) is 4.50. The molecule has 38 heavy (non-hydrogen) atoms. The first-order valence-electron chi connectivity index (χ1n) is 12.3. The van der Waals surface area contributed by atoms with Gasteiger partial charge in [0, 0.05) is 17.2 Å². The van der Waals surface area contributed by atoms with Gasteiger partial charge in [0.1, 0.15) is 0 Å². The van der Waals surface area contributed by atoms with Crippen molar-refractivity contribution < 1.29 is 33.6 Å². The van der Waals surface area contributed by atoms with Crippen molar-refractivity contribution in [3.8, 4) is 11.5 Å². The zero-order chi connectivity index (χ0) is 26.8. The summed E-state index contributed by atoms with van der Waals surface area (Å²) in [5, 5.41) is 9.50. The maximum Gasteiger partial charge on any atom is 0.340 e. The number of benzene rings is 2. The SMILES string of the molecule is COC(=O)C1=C/C(c2ccc(CO)cc2)=C\C(C2CC2)N(Cc2cc3c(cc2Br)OCO3)/C=C\1C(=O)OC. The molecule has 0 saturated heterocycles. The number of hydrogen-bond acceptors (Lipinski definition) is 8. The normalized spacial score (nSPS) is 22.7. The lowest BCUT2D eigenvalue weighted by atomic mass is 9.93. The molecule has 198 valence electrons. The van der Waals surface area contributed by atoms with Gasteiger partial charge in [-0.2, -0.15) is 0 Å². The first kappa shape index (κ1) is 26.1. The zero-order valence-electron chi connectivity index (χ0n) is 21.1. The van der Waals surface area contributed by atoms with Gasteiger partial charge in [0.2, 0.25) is 6.79 Å². The number of nitrogens with zero attached hydrogens (tertiary/aromatic N) is 1. The summed E-state index contributed by atoms with van der Waals surface area (Å²) >= 11 is 3.65. The Morgan fingerprint density at radius 2 is 1.68 bits per heavy atom. The Hall–Kier alpha value is -3.56. The molecule has 2 aromatic carbocycles. The van der Waals surface area contributed by atoms with Gasteiger partial charge in [0.05, 0.1) is 38.0 Å². The average molecular weight is 582 g/mol. The fraction of sp³-hybridized carbons (Fsp3) is 0.310. The number of fused-ring (bicyclic) bond motifs is 1. The molecule has 3 aliphatic rings. The minimum Gasteiger partial charge on any atom is -0.465 e. The van der Waals surface area contributed by atoms with E-state index in [1.54, 1.807) is 12.3 Å². The molecule has 2 heterocycles. The van der Waals surface area contributed by atoms with Crippen LogP contribution in [0, 0.1) is 5.92 Å². The van der Waals surface area contributed by atoms with E-state index in [0.29, 0.717) is 24.0 Å². The third kappa shape index (κ3) is 5.35. The second kappa shape index (κ2) is 11.0. The number of ether oxygens (including phenoxy) is 4. The highest BCUT2D eigenvalue weighted by molar-refractivity contribution is 9.10. The summed E-state index contributed by atoms with van der Waals surface area (Å²) in [6, 6.07) is 11.2. The fourth-order valence-corrected chi connectivity index (χ4v) is 5.14. The molecule has 9 heteroatoms. The summed E-state index contributed by atoms with van der Waals surface area (Å²) in [5.41, 5.74) is 3.55. The van der Waals surface area contributed by atoms with Gasteiger partial charge in [-0.05, 0) is 59.2 Å². The number of carbonyl (C=O) groups is 2. The van der Waals surface area contributed by atoms with Gasteiger partial charge in [0.25, 0.3) is 0 Å². The highest BCUT2D eigenvalue weighted by Gasteiger charge is 2.36. The smallest absolute Gasteiger partial charge is 0.340 e. The third-order valence-electron chi connectivity index (χ3n) is 6.90. The first-order valence-corrected chi connectivity index (χ1v) is 13.1. The van der Waals surface area contributed by atoms with Crippen molar-refractivity contribution in [2.75, 3.05) is 21.0 Å². The lowest BCUT2D eigenvalue weighted by Gasteiger charge is -2.32. The quantitative estimate of drug-likeness (QED) is 0.477. The van der Waals surface area contributed by atoms with Gasteiger partial charge in [-0.1, -0.05) is 46.3 Å². The maximum absolute atomic E-state index is 13.0. The molecule has 2 aliphatic heterocycles. The molecular weight excluding hydrogens is 554 g/mol. The van der Waals surface area contributed by atoms with Crippen LogP contribution >= 0.6 is 15.9 Å². The van der Waals surface area contributed by atoms with E-state index in [1.165, 1.54) is 14.2 Å². The standard InChI is InChI=1S/C29H28BrNO7/c1-35-28(33)22-9-20(18-5-3-17(15-32)4-6-18)10-25(19-7-8-19)31(14-23(22)29(34)36-2)13-21-11-26-27(12-24(21)30)38-16-37-26/h3-6,9-12,14,19,25,32H,7-8,13,15-16H2,1-2H3/b20-10+,22-9+,23-14+. The van der Waals surface area contributed by atoms with E-state index in [-0.39, 0.29) is 30.6 Å². The van der Waals surface area contributed by atoms with Gasteiger partial charge in [0.15, 0.2) is 11.5 Å². The van der Waals surface area contributed by atoms with Crippen LogP contribution in [0.2, 0.25) is 0 Å². The Morgan fingerprint density at radius 1 is 1.03 bits per heavy atom. The maximum atomic E-state index is 13.0. The fourth-order valence-electron chi connectivity index (χ4n) is 4.69. The van der Waals surface area contributed by atoms with Crippen LogP contribution in [0.1, 0.15) is 29.5 Å². The van der Waals surface area contributed by atoms with Crippen molar-refractivity contribution in [2.45, 2.75) is 32.0 Å². The van der Waals surface area contributed by atoms with E-state index in [4.69, 9.17) is 18.9 Å². The molecule has 0 spiro atoms. The lowest BCUT2D eigenvalue weighted by Crippen LogP contribution is -2.33. The monoisotopic (exact) mass is 581 g/mol. The summed E-state index contributed by atoms with van der Waals surface area (Å²) in [4.78, 5) is 28.1. The molecule has 0 aromatic heterocycles. The summed E-state index contributed by atoms with van der Waals surface area (Å²) in [6.07, 6.45) is 7.62. The van der Waals surface area contributed by atoms with Gasteiger partial charge in [-0.25, -0.2) is 9.59 Å². The average Bonchev–Trinajstić information content (AvgIpc) is 3.67. The number of hydrogen-bond donors (Lipinski definition) is 1. The van der Waals surface area contributed by atoms with E-state index in [9.17, 15) is 14.7 Å². The Morgan fingerprint density at radius 3 is 2.32 bits per heavy atom. The molecule has 1 N–H and O–H groups in total. The Kier molecular flexibility index (Phi) is 7.58. The summed E-state index contributed by atoms with van der Waals surface area (Å²) in [5.74, 6) is 0.419. The molecule has 1 fully saturated rings. The Labute approximate surface area is 229 Å². The van der Waals surface area contributed by atoms with E-state index in [0.717, 1.165) is 39.6 Å². The molecule has 1 unspecified atom stereocenters. The summed E-state index contributed by atoms with van der Waals surface area (Å²) in [6.45, 7) is 0.530. The Bertz CT molecular complexity index is 1340. The van der Waals surface area contributed by atoms with Crippen LogP contribution in [0.3, 0.4) is 0 Å². The topological polar surface area (TPSA) is 94.5 Å². The molecule has 1 saturated carbocycles. The molecule has 0 amide bonds. The van der Waals surface area contributed by atoms with Crippen molar-refractivity contribution in [1.29, 1.82) is 0 Å². The number of halogens is 1. The Balaban J connectivity index is 1.66. The van der Waals surface area contributed by atoms with Gasteiger partial charge in [-0.3, -0.25) is 0 Å². The van der Waals surface area contributed by atoms with E-state index < -0.39 is 11.9 Å². The van der Waals surface area contributed by atoms with Crippen LogP contribution in [-0.4, -0.2) is 49.0 Å². The number of aliphatic hydroxyl groups is 1. The number of rotatable bonds is 7. The number of methoxy groups -OCH3 is 2. The molecule has 0 bridgehead atoms. The minimum absolute atomic E-state index is 0.0602. The molecule has 5 rings (SSSR count). The van der Waals surface area contributed by atoms with Gasteiger partial charge < -0.3 is 29.0 Å². The number of allylic oxidation sites excluding steroid dienone is 2. The van der Waals surface area contributed by atoms with Crippen LogP contribution < -0.4 is 9.47 Å². The van der Waals surface area contributed by atoms with E-state index >= 15 is 0 Å². The van der Waals surface area contributed by atoms with Crippen LogP contribution in [0.4, 0.5) is 0 Å². The highest BCUT2D eigenvalue weighted by atomic mass is 79.9. The van der Waals surface area contributed by atoms with Crippen LogP contribution in [0.25, 0.3) is 5.57 Å².